The number of methoxy groups -OCH3 is 1. The Morgan fingerprint density at radius 1 is 1.33 bits per heavy atom. The molecule has 3 rings (SSSR count). The minimum absolute atomic E-state index is 0.119. The van der Waals surface area contributed by atoms with E-state index in [2.05, 4.69) is 14.9 Å². The van der Waals surface area contributed by atoms with E-state index in [0.717, 1.165) is 5.82 Å². The zero-order valence-corrected chi connectivity index (χ0v) is 13.5. The van der Waals surface area contributed by atoms with E-state index in [9.17, 15) is 9.59 Å². The smallest absolute Gasteiger partial charge is 0.309 e. The van der Waals surface area contributed by atoms with Crippen LogP contribution in [0.4, 0.5) is 5.69 Å². The summed E-state index contributed by atoms with van der Waals surface area (Å²) in [6.45, 7) is 2.82. The van der Waals surface area contributed by atoms with Crippen LogP contribution in [-0.2, 0) is 20.9 Å². The number of anilines is 1. The second kappa shape index (κ2) is 6.69. The van der Waals surface area contributed by atoms with Gasteiger partial charge in [-0.15, -0.1) is 10.2 Å². The number of aryl methyl sites for hydroxylation is 1. The van der Waals surface area contributed by atoms with Gasteiger partial charge in [0, 0.05) is 13.1 Å². The van der Waals surface area contributed by atoms with Gasteiger partial charge in [-0.1, -0.05) is 12.1 Å². The summed E-state index contributed by atoms with van der Waals surface area (Å²) >= 11 is 0. The molecule has 24 heavy (non-hydrogen) atoms. The summed E-state index contributed by atoms with van der Waals surface area (Å²) in [6, 6.07) is 7.27. The lowest BCUT2D eigenvalue weighted by Gasteiger charge is -2.34. The molecule has 1 atom stereocenters. The van der Waals surface area contributed by atoms with E-state index in [1.807, 2.05) is 29.7 Å². The molecule has 1 aromatic carbocycles. The number of benzene rings is 1. The Balaban J connectivity index is 1.83. The van der Waals surface area contributed by atoms with E-state index in [1.54, 1.807) is 17.3 Å². The van der Waals surface area contributed by atoms with Gasteiger partial charge in [-0.25, -0.2) is 0 Å². The summed E-state index contributed by atoms with van der Waals surface area (Å²) in [6.07, 6.45) is 0.624. The zero-order chi connectivity index (χ0) is 17.1. The quantitative estimate of drug-likeness (QED) is 0.759. The molecule has 8 nitrogen and oxygen atoms in total. The van der Waals surface area contributed by atoms with E-state index in [-0.39, 0.29) is 12.3 Å². The van der Waals surface area contributed by atoms with Gasteiger partial charge < -0.3 is 18.9 Å². The molecule has 0 bridgehead atoms. The molecule has 0 saturated carbocycles. The van der Waals surface area contributed by atoms with Crippen LogP contribution in [0, 0.1) is 6.92 Å². The molecule has 126 valence electrons. The number of ether oxygens (including phenoxy) is 2. The average Bonchev–Trinajstić information content (AvgIpc) is 3.00. The van der Waals surface area contributed by atoms with Crippen LogP contribution in [0.25, 0.3) is 0 Å². The summed E-state index contributed by atoms with van der Waals surface area (Å²) in [4.78, 5) is 25.9. The molecular weight excluding hydrogens is 312 g/mol. The Bertz CT molecular complexity index is 758. The van der Waals surface area contributed by atoms with E-state index in [1.165, 1.54) is 7.11 Å². The highest BCUT2D eigenvalue weighted by Crippen LogP contribution is 2.34. The van der Waals surface area contributed by atoms with Gasteiger partial charge in [0.25, 0.3) is 5.91 Å². The fourth-order valence-electron chi connectivity index (χ4n) is 2.61. The number of aromatic nitrogens is 3. The number of hydrogen-bond acceptors (Lipinski definition) is 6. The lowest BCUT2D eigenvalue weighted by Crippen LogP contribution is -2.48. The normalized spacial score (nSPS) is 16.5. The van der Waals surface area contributed by atoms with E-state index >= 15 is 0 Å². The van der Waals surface area contributed by atoms with Gasteiger partial charge in [-0.2, -0.15) is 0 Å². The lowest BCUT2D eigenvalue weighted by atomic mass is 10.1. The first-order valence-electron chi connectivity index (χ1n) is 7.58. The van der Waals surface area contributed by atoms with Crippen molar-refractivity contribution < 1.29 is 19.1 Å². The van der Waals surface area contributed by atoms with Crippen LogP contribution in [0.5, 0.6) is 5.75 Å². The summed E-state index contributed by atoms with van der Waals surface area (Å²) in [5, 5.41) is 7.77. The van der Waals surface area contributed by atoms with Crippen LogP contribution in [0.15, 0.2) is 30.6 Å². The van der Waals surface area contributed by atoms with Gasteiger partial charge in [0.05, 0.1) is 19.2 Å². The monoisotopic (exact) mass is 330 g/mol. The van der Waals surface area contributed by atoms with E-state index in [0.29, 0.717) is 24.5 Å². The molecular formula is C16H18N4O4. The van der Waals surface area contributed by atoms with Crippen molar-refractivity contribution in [3.8, 4) is 5.75 Å². The standard InChI is InChI=1S/C16H18N4O4/c1-11-18-17-10-19(11)7-8-20-12-5-3-4-6-13(12)24-14(16(20)22)9-15(21)23-2/h3-6,10,14H,7-9H2,1-2H3. The van der Waals surface area contributed by atoms with Crippen LogP contribution in [0.2, 0.25) is 0 Å². The van der Waals surface area contributed by atoms with E-state index < -0.39 is 12.1 Å². The summed E-state index contributed by atoms with van der Waals surface area (Å²) < 4.78 is 12.2. The van der Waals surface area contributed by atoms with Crippen LogP contribution >= 0.6 is 0 Å². The van der Waals surface area contributed by atoms with Crippen molar-refractivity contribution in [1.82, 2.24) is 14.8 Å². The fraction of sp³-hybridized carbons (Fsp3) is 0.375. The molecule has 0 N–H and O–H groups in total. The van der Waals surface area contributed by atoms with Crippen LogP contribution in [0.1, 0.15) is 12.2 Å². The van der Waals surface area contributed by atoms with Crippen molar-refractivity contribution in [1.29, 1.82) is 0 Å². The number of carbonyl (C=O) groups is 2. The maximum Gasteiger partial charge on any atom is 0.309 e. The number of nitrogens with zero attached hydrogens (tertiary/aromatic N) is 4. The van der Waals surface area contributed by atoms with Crippen molar-refractivity contribution in [3.05, 3.63) is 36.4 Å². The Labute approximate surface area is 139 Å². The maximum atomic E-state index is 12.7. The second-order valence-corrected chi connectivity index (χ2v) is 5.42. The first kappa shape index (κ1) is 16.0. The second-order valence-electron chi connectivity index (χ2n) is 5.42. The molecule has 8 heteroatoms. The summed E-state index contributed by atoms with van der Waals surface area (Å²) in [7, 11) is 1.29. The lowest BCUT2D eigenvalue weighted by molar-refractivity contribution is -0.145. The van der Waals surface area contributed by atoms with Gasteiger partial charge in [-0.3, -0.25) is 9.59 Å². The highest BCUT2D eigenvalue weighted by Gasteiger charge is 2.35. The fourth-order valence-corrected chi connectivity index (χ4v) is 2.61. The molecule has 1 unspecified atom stereocenters. The highest BCUT2D eigenvalue weighted by atomic mass is 16.5. The largest absolute Gasteiger partial charge is 0.478 e. The molecule has 0 fully saturated rings. The van der Waals surface area contributed by atoms with Crippen molar-refractivity contribution in [3.63, 3.8) is 0 Å². The number of para-hydroxylation sites is 2. The Kier molecular flexibility index (Phi) is 4.45. The highest BCUT2D eigenvalue weighted by molar-refractivity contribution is 6.01. The third kappa shape index (κ3) is 3.08. The molecule has 2 heterocycles. The molecule has 0 saturated heterocycles. The third-order valence-corrected chi connectivity index (χ3v) is 3.92. The molecule has 0 radical (unpaired) electrons. The number of carbonyl (C=O) groups excluding carboxylic acids is 2. The van der Waals surface area contributed by atoms with Crippen molar-refractivity contribution in [2.75, 3.05) is 18.6 Å². The number of esters is 1. The van der Waals surface area contributed by atoms with Crippen molar-refractivity contribution in [2.24, 2.45) is 0 Å². The van der Waals surface area contributed by atoms with Gasteiger partial charge in [0.2, 0.25) is 0 Å². The molecule has 0 spiro atoms. The number of rotatable bonds is 5. The molecule has 2 aromatic rings. The number of amides is 1. The van der Waals surface area contributed by atoms with Crippen LogP contribution in [0.3, 0.4) is 0 Å². The minimum atomic E-state index is -0.880. The predicted molar refractivity (Wildman–Crippen MR) is 84.6 cm³/mol. The molecule has 1 amide bonds. The topological polar surface area (TPSA) is 86.6 Å². The molecule has 1 aromatic heterocycles. The average molecular weight is 330 g/mol. The maximum absolute atomic E-state index is 12.7. The summed E-state index contributed by atoms with van der Waals surface area (Å²) in [5.74, 6) is 0.605. The number of fused-ring (bicyclic) bond motifs is 1. The van der Waals surface area contributed by atoms with Gasteiger partial charge in [-0.05, 0) is 19.1 Å². The Morgan fingerprint density at radius 2 is 2.12 bits per heavy atom. The molecule has 0 aliphatic carbocycles. The predicted octanol–water partition coefficient (Wildman–Crippen LogP) is 0.944. The third-order valence-electron chi connectivity index (χ3n) is 3.92. The molecule has 1 aliphatic rings. The van der Waals surface area contributed by atoms with E-state index in [4.69, 9.17) is 4.74 Å². The van der Waals surface area contributed by atoms with Gasteiger partial charge in [0.1, 0.15) is 17.9 Å². The van der Waals surface area contributed by atoms with Crippen molar-refractivity contribution in [2.45, 2.75) is 26.0 Å². The van der Waals surface area contributed by atoms with Gasteiger partial charge >= 0.3 is 5.97 Å². The minimum Gasteiger partial charge on any atom is -0.478 e. The van der Waals surface area contributed by atoms with Gasteiger partial charge in [0.15, 0.2) is 6.10 Å². The summed E-state index contributed by atoms with van der Waals surface area (Å²) in [5.41, 5.74) is 0.689. The Morgan fingerprint density at radius 3 is 2.83 bits per heavy atom. The number of hydrogen-bond donors (Lipinski definition) is 0. The van der Waals surface area contributed by atoms with Crippen molar-refractivity contribution >= 4 is 17.6 Å². The Hall–Kier alpha value is -2.90. The first-order chi connectivity index (χ1) is 11.6. The first-order valence-corrected chi connectivity index (χ1v) is 7.58. The molecule has 1 aliphatic heterocycles. The van der Waals surface area contributed by atoms with Crippen LogP contribution in [-0.4, -0.2) is 46.4 Å². The van der Waals surface area contributed by atoms with Crippen LogP contribution < -0.4 is 9.64 Å². The SMILES string of the molecule is COC(=O)CC1Oc2ccccc2N(CCn2cnnc2C)C1=O. The zero-order valence-electron chi connectivity index (χ0n) is 13.5.